The van der Waals surface area contributed by atoms with Crippen molar-refractivity contribution in [3.8, 4) is 0 Å². The SMILES string of the molecule is CC1(C)CC1CNc1nc2ccccc2nc1N. The highest BCUT2D eigenvalue weighted by Gasteiger charge is 2.45. The van der Waals surface area contributed by atoms with E-state index in [-0.39, 0.29) is 0 Å². The highest BCUT2D eigenvalue weighted by molar-refractivity contribution is 5.79. The molecule has 1 saturated carbocycles. The van der Waals surface area contributed by atoms with Crippen LogP contribution in [0.5, 0.6) is 0 Å². The van der Waals surface area contributed by atoms with Crippen molar-refractivity contribution in [2.75, 3.05) is 17.6 Å². The van der Waals surface area contributed by atoms with Crippen molar-refractivity contribution in [3.63, 3.8) is 0 Å². The minimum atomic E-state index is 0.464. The lowest BCUT2D eigenvalue weighted by Crippen LogP contribution is -2.11. The maximum atomic E-state index is 5.92. The van der Waals surface area contributed by atoms with Gasteiger partial charge in [0.2, 0.25) is 0 Å². The number of anilines is 2. The molecule has 4 nitrogen and oxygen atoms in total. The van der Waals surface area contributed by atoms with Crippen LogP contribution in [0, 0.1) is 11.3 Å². The van der Waals surface area contributed by atoms with Crippen molar-refractivity contribution in [3.05, 3.63) is 24.3 Å². The van der Waals surface area contributed by atoms with Crippen LogP contribution in [-0.4, -0.2) is 16.5 Å². The molecule has 3 rings (SSSR count). The van der Waals surface area contributed by atoms with Crippen molar-refractivity contribution < 1.29 is 0 Å². The minimum Gasteiger partial charge on any atom is -0.381 e. The Morgan fingerprint density at radius 2 is 1.89 bits per heavy atom. The zero-order valence-electron chi connectivity index (χ0n) is 10.8. The molecule has 2 aromatic rings. The third kappa shape index (κ3) is 1.98. The molecule has 1 heterocycles. The summed E-state index contributed by atoms with van der Waals surface area (Å²) in [5.41, 5.74) is 8.11. The molecule has 0 saturated heterocycles. The largest absolute Gasteiger partial charge is 0.381 e. The quantitative estimate of drug-likeness (QED) is 0.868. The van der Waals surface area contributed by atoms with Gasteiger partial charge < -0.3 is 11.1 Å². The lowest BCUT2D eigenvalue weighted by atomic mass is 10.1. The summed E-state index contributed by atoms with van der Waals surface area (Å²) in [6.45, 7) is 5.49. The zero-order valence-corrected chi connectivity index (χ0v) is 10.8. The van der Waals surface area contributed by atoms with Crippen LogP contribution < -0.4 is 11.1 Å². The second kappa shape index (κ2) is 3.83. The van der Waals surface area contributed by atoms with E-state index in [0.29, 0.717) is 23.0 Å². The number of nitrogen functional groups attached to an aromatic ring is 1. The van der Waals surface area contributed by atoms with E-state index in [2.05, 4.69) is 29.1 Å². The zero-order chi connectivity index (χ0) is 12.8. The van der Waals surface area contributed by atoms with Gasteiger partial charge in [0.1, 0.15) is 0 Å². The van der Waals surface area contributed by atoms with Crippen molar-refractivity contribution in [1.82, 2.24) is 9.97 Å². The van der Waals surface area contributed by atoms with Gasteiger partial charge in [-0.3, -0.25) is 0 Å². The van der Waals surface area contributed by atoms with Crippen LogP contribution in [0.25, 0.3) is 11.0 Å². The first-order chi connectivity index (χ1) is 8.56. The molecule has 1 aromatic heterocycles. The number of hydrogen-bond acceptors (Lipinski definition) is 4. The molecule has 0 bridgehead atoms. The number of nitrogens with one attached hydrogen (secondary N) is 1. The van der Waals surface area contributed by atoms with E-state index in [1.807, 2.05) is 24.3 Å². The number of para-hydroxylation sites is 2. The minimum absolute atomic E-state index is 0.464. The number of nitrogens with zero attached hydrogens (tertiary/aromatic N) is 2. The molecule has 0 aliphatic heterocycles. The van der Waals surface area contributed by atoms with E-state index < -0.39 is 0 Å². The third-order valence-corrected chi connectivity index (χ3v) is 3.83. The van der Waals surface area contributed by atoms with E-state index in [4.69, 9.17) is 5.73 Å². The Morgan fingerprint density at radius 1 is 1.28 bits per heavy atom. The molecule has 94 valence electrons. The predicted molar refractivity (Wildman–Crippen MR) is 74.3 cm³/mol. The maximum absolute atomic E-state index is 5.92. The molecule has 1 fully saturated rings. The van der Waals surface area contributed by atoms with Gasteiger partial charge in [0.05, 0.1) is 11.0 Å². The molecule has 1 unspecified atom stereocenters. The fourth-order valence-electron chi connectivity index (χ4n) is 2.29. The van der Waals surface area contributed by atoms with Crippen molar-refractivity contribution in [1.29, 1.82) is 0 Å². The second-order valence-electron chi connectivity index (χ2n) is 5.72. The van der Waals surface area contributed by atoms with Gasteiger partial charge >= 0.3 is 0 Å². The molecule has 1 aliphatic carbocycles. The first-order valence-electron chi connectivity index (χ1n) is 6.32. The summed E-state index contributed by atoms with van der Waals surface area (Å²) < 4.78 is 0. The van der Waals surface area contributed by atoms with E-state index in [1.54, 1.807) is 0 Å². The fourth-order valence-corrected chi connectivity index (χ4v) is 2.29. The maximum Gasteiger partial charge on any atom is 0.169 e. The van der Waals surface area contributed by atoms with Gasteiger partial charge in [0.15, 0.2) is 11.6 Å². The molecule has 0 spiro atoms. The summed E-state index contributed by atoms with van der Waals surface area (Å²) in [6, 6.07) is 7.78. The van der Waals surface area contributed by atoms with Crippen molar-refractivity contribution >= 4 is 22.7 Å². The van der Waals surface area contributed by atoms with E-state index >= 15 is 0 Å². The number of nitrogens with two attached hydrogens (primary N) is 1. The fraction of sp³-hybridized carbons (Fsp3) is 0.429. The Kier molecular flexibility index (Phi) is 2.40. The molecule has 0 amide bonds. The summed E-state index contributed by atoms with van der Waals surface area (Å²) in [5.74, 6) is 1.90. The third-order valence-electron chi connectivity index (χ3n) is 3.83. The van der Waals surface area contributed by atoms with Crippen LogP contribution in [0.1, 0.15) is 20.3 Å². The molecule has 1 aromatic carbocycles. The van der Waals surface area contributed by atoms with Crippen LogP contribution >= 0.6 is 0 Å². The van der Waals surface area contributed by atoms with Crippen LogP contribution in [0.2, 0.25) is 0 Å². The molecule has 1 atom stereocenters. The Bertz CT molecular complexity index is 591. The molecular weight excluding hydrogens is 224 g/mol. The summed E-state index contributed by atoms with van der Waals surface area (Å²) in [4.78, 5) is 8.89. The van der Waals surface area contributed by atoms with Gasteiger partial charge in [-0.25, -0.2) is 9.97 Å². The van der Waals surface area contributed by atoms with Crippen LogP contribution in [0.15, 0.2) is 24.3 Å². The first-order valence-corrected chi connectivity index (χ1v) is 6.32. The smallest absolute Gasteiger partial charge is 0.169 e. The monoisotopic (exact) mass is 242 g/mol. The van der Waals surface area contributed by atoms with Crippen molar-refractivity contribution in [2.24, 2.45) is 11.3 Å². The van der Waals surface area contributed by atoms with E-state index in [1.165, 1.54) is 6.42 Å². The van der Waals surface area contributed by atoms with Gasteiger partial charge in [0, 0.05) is 6.54 Å². The Hall–Kier alpha value is -1.84. The average Bonchev–Trinajstić information content (AvgIpc) is 2.94. The van der Waals surface area contributed by atoms with Gasteiger partial charge in [-0.1, -0.05) is 26.0 Å². The second-order valence-corrected chi connectivity index (χ2v) is 5.72. The molecule has 4 heteroatoms. The molecule has 1 aliphatic rings. The average molecular weight is 242 g/mol. The van der Waals surface area contributed by atoms with Crippen LogP contribution in [0.4, 0.5) is 11.6 Å². The standard InChI is InChI=1S/C14H18N4/c1-14(2)7-9(14)8-16-13-12(15)17-10-5-3-4-6-11(10)18-13/h3-6,9H,7-8H2,1-2H3,(H2,15,17)(H,16,18). The molecule has 3 N–H and O–H groups in total. The summed E-state index contributed by atoms with van der Waals surface area (Å²) in [5, 5.41) is 3.32. The predicted octanol–water partition coefficient (Wildman–Crippen LogP) is 2.67. The lowest BCUT2D eigenvalue weighted by molar-refractivity contribution is 0.573. The molecule has 18 heavy (non-hydrogen) atoms. The number of fused-ring (bicyclic) bond motifs is 1. The Morgan fingerprint density at radius 3 is 2.50 bits per heavy atom. The Balaban J connectivity index is 1.81. The van der Waals surface area contributed by atoms with Crippen LogP contribution in [0.3, 0.4) is 0 Å². The van der Waals surface area contributed by atoms with Gasteiger partial charge in [-0.15, -0.1) is 0 Å². The number of benzene rings is 1. The molecule has 0 radical (unpaired) electrons. The Labute approximate surface area is 107 Å². The normalized spacial score (nSPS) is 20.9. The number of rotatable bonds is 3. The lowest BCUT2D eigenvalue weighted by Gasteiger charge is -2.09. The van der Waals surface area contributed by atoms with Gasteiger partial charge in [-0.05, 0) is 29.9 Å². The number of hydrogen-bond donors (Lipinski definition) is 2. The van der Waals surface area contributed by atoms with E-state index in [9.17, 15) is 0 Å². The van der Waals surface area contributed by atoms with Crippen molar-refractivity contribution in [2.45, 2.75) is 20.3 Å². The molecular formula is C14H18N4. The highest BCUT2D eigenvalue weighted by Crippen LogP contribution is 2.51. The summed E-state index contributed by atoms with van der Waals surface area (Å²) in [6.07, 6.45) is 1.26. The summed E-state index contributed by atoms with van der Waals surface area (Å²) >= 11 is 0. The number of aromatic nitrogens is 2. The highest BCUT2D eigenvalue weighted by atomic mass is 15.1. The summed E-state index contributed by atoms with van der Waals surface area (Å²) in [7, 11) is 0. The van der Waals surface area contributed by atoms with E-state index in [0.717, 1.165) is 17.6 Å². The van der Waals surface area contributed by atoms with Gasteiger partial charge in [-0.2, -0.15) is 0 Å². The van der Waals surface area contributed by atoms with Gasteiger partial charge in [0.25, 0.3) is 0 Å². The van der Waals surface area contributed by atoms with Crippen LogP contribution in [-0.2, 0) is 0 Å². The first kappa shape index (κ1) is 11.3. The topological polar surface area (TPSA) is 63.8 Å².